The van der Waals surface area contributed by atoms with Crippen LogP contribution in [0, 0.1) is 5.92 Å². The van der Waals surface area contributed by atoms with Gasteiger partial charge in [0, 0.05) is 17.7 Å². The quantitative estimate of drug-likeness (QED) is 0.803. The number of fused-ring (bicyclic) bond motifs is 2. The van der Waals surface area contributed by atoms with Crippen molar-refractivity contribution in [2.75, 3.05) is 6.61 Å². The van der Waals surface area contributed by atoms with Crippen LogP contribution in [0.1, 0.15) is 26.3 Å². The van der Waals surface area contributed by atoms with Crippen molar-refractivity contribution >= 4 is 18.1 Å². The van der Waals surface area contributed by atoms with E-state index in [2.05, 4.69) is 17.1 Å². The number of allylic oxidation sites excluding steroid dienone is 2. The number of carbonyl (C=O) groups excluding carboxylic acids is 1. The molecule has 2 unspecified atom stereocenters. The van der Waals surface area contributed by atoms with E-state index in [9.17, 15) is 4.79 Å². The van der Waals surface area contributed by atoms with E-state index in [-0.39, 0.29) is 12.0 Å². The molecular formula is C19H21NO3. The number of aliphatic imine (C=N–C) groups is 1. The Labute approximate surface area is 136 Å². The molecule has 0 fully saturated rings. The summed E-state index contributed by atoms with van der Waals surface area (Å²) in [7, 11) is 0. The predicted molar refractivity (Wildman–Crippen MR) is 91.3 cm³/mol. The molecule has 0 saturated carbocycles. The van der Waals surface area contributed by atoms with Crippen molar-refractivity contribution in [3.63, 3.8) is 0 Å². The highest BCUT2D eigenvalue weighted by Crippen LogP contribution is 2.40. The predicted octanol–water partition coefficient (Wildman–Crippen LogP) is 3.46. The number of benzene rings is 1. The van der Waals surface area contributed by atoms with Crippen molar-refractivity contribution in [1.29, 1.82) is 0 Å². The molecule has 2 aliphatic rings. The Morgan fingerprint density at radius 3 is 2.96 bits per heavy atom. The van der Waals surface area contributed by atoms with Gasteiger partial charge in [0.1, 0.15) is 18.1 Å². The van der Waals surface area contributed by atoms with Crippen LogP contribution in [0.5, 0.6) is 11.5 Å². The fourth-order valence-corrected chi connectivity index (χ4v) is 2.96. The molecule has 0 saturated heterocycles. The van der Waals surface area contributed by atoms with Crippen LogP contribution >= 0.6 is 0 Å². The van der Waals surface area contributed by atoms with E-state index in [4.69, 9.17) is 9.47 Å². The minimum atomic E-state index is -0.854. The highest BCUT2D eigenvalue weighted by molar-refractivity contribution is 5.80. The summed E-state index contributed by atoms with van der Waals surface area (Å²) in [5.74, 6) is 1.68. The molecule has 2 aliphatic heterocycles. The van der Waals surface area contributed by atoms with Gasteiger partial charge >= 0.3 is 0 Å². The summed E-state index contributed by atoms with van der Waals surface area (Å²) in [5, 5.41) is 0. The van der Waals surface area contributed by atoms with Crippen molar-refractivity contribution in [3.8, 4) is 11.5 Å². The summed E-state index contributed by atoms with van der Waals surface area (Å²) < 4.78 is 11.7. The number of hydrogen-bond acceptors (Lipinski definition) is 4. The van der Waals surface area contributed by atoms with Gasteiger partial charge < -0.3 is 9.47 Å². The maximum absolute atomic E-state index is 11.1. The molecule has 0 radical (unpaired) electrons. The van der Waals surface area contributed by atoms with E-state index in [1.54, 1.807) is 13.8 Å². The van der Waals surface area contributed by atoms with Gasteiger partial charge in [0.15, 0.2) is 11.9 Å². The van der Waals surface area contributed by atoms with E-state index in [0.717, 1.165) is 17.6 Å². The Kier molecular flexibility index (Phi) is 4.07. The number of nitrogens with zero attached hydrogens (tertiary/aromatic N) is 1. The summed E-state index contributed by atoms with van der Waals surface area (Å²) in [5.41, 5.74) is 1.32. The number of aldehydes is 1. The maximum atomic E-state index is 11.1. The Morgan fingerprint density at radius 1 is 1.39 bits per heavy atom. The van der Waals surface area contributed by atoms with Crippen molar-refractivity contribution in [3.05, 3.63) is 42.0 Å². The monoisotopic (exact) mass is 311 g/mol. The lowest BCUT2D eigenvalue weighted by Crippen LogP contribution is -2.29. The average Bonchev–Trinajstić information content (AvgIpc) is 2.70. The summed E-state index contributed by atoms with van der Waals surface area (Å²) >= 11 is 0. The van der Waals surface area contributed by atoms with E-state index < -0.39 is 5.60 Å². The lowest BCUT2D eigenvalue weighted by molar-refractivity contribution is -0.118. The molecule has 120 valence electrons. The first-order valence-corrected chi connectivity index (χ1v) is 7.83. The summed E-state index contributed by atoms with van der Waals surface area (Å²) in [6.07, 6.45) is 8.88. The van der Waals surface area contributed by atoms with Crippen LogP contribution in [0.25, 0.3) is 5.57 Å². The minimum Gasteiger partial charge on any atom is -0.491 e. The van der Waals surface area contributed by atoms with Gasteiger partial charge in [0.2, 0.25) is 0 Å². The molecular weight excluding hydrogens is 290 g/mol. The normalized spacial score (nSPS) is 24.4. The van der Waals surface area contributed by atoms with Gasteiger partial charge in [-0.25, -0.2) is 0 Å². The Balaban J connectivity index is 2.01. The third-order valence-electron chi connectivity index (χ3n) is 4.10. The van der Waals surface area contributed by atoms with Gasteiger partial charge in [-0.1, -0.05) is 12.2 Å². The van der Waals surface area contributed by atoms with E-state index >= 15 is 0 Å². The van der Waals surface area contributed by atoms with Gasteiger partial charge in [-0.05, 0) is 50.6 Å². The molecule has 0 N–H and O–H groups in total. The first-order valence-electron chi connectivity index (χ1n) is 7.83. The fourth-order valence-electron chi connectivity index (χ4n) is 2.96. The number of ether oxygens (including phenoxy) is 2. The Morgan fingerprint density at radius 2 is 2.22 bits per heavy atom. The van der Waals surface area contributed by atoms with Gasteiger partial charge in [-0.15, -0.1) is 0 Å². The summed E-state index contributed by atoms with van der Waals surface area (Å²) in [4.78, 5) is 15.6. The first-order chi connectivity index (χ1) is 11.0. The first kappa shape index (κ1) is 15.5. The van der Waals surface area contributed by atoms with Crippen LogP contribution in [0.2, 0.25) is 0 Å². The van der Waals surface area contributed by atoms with Crippen molar-refractivity contribution in [2.24, 2.45) is 10.9 Å². The molecule has 0 bridgehead atoms. The number of dihydropyridines is 1. The molecule has 1 aromatic carbocycles. The Bertz CT molecular complexity index is 701. The van der Waals surface area contributed by atoms with Crippen LogP contribution in [0.15, 0.2) is 41.4 Å². The lowest BCUT2D eigenvalue weighted by atomic mass is 9.86. The van der Waals surface area contributed by atoms with Crippen LogP contribution in [-0.2, 0) is 4.79 Å². The molecule has 0 aromatic heterocycles. The zero-order chi connectivity index (χ0) is 16.4. The average molecular weight is 311 g/mol. The smallest absolute Gasteiger partial charge is 0.162 e. The van der Waals surface area contributed by atoms with Crippen LogP contribution in [-0.4, -0.2) is 30.8 Å². The second kappa shape index (κ2) is 6.03. The van der Waals surface area contributed by atoms with Gasteiger partial charge in [0.25, 0.3) is 0 Å². The highest BCUT2D eigenvalue weighted by atomic mass is 16.5. The number of rotatable bonds is 3. The molecule has 0 aliphatic carbocycles. The van der Waals surface area contributed by atoms with Gasteiger partial charge in [-0.2, -0.15) is 0 Å². The SMILES string of the molecule is C/C=C1/c2cc(OC(C)(C)C=O)ccc2OCC2N=CC=CC12. The lowest BCUT2D eigenvalue weighted by Gasteiger charge is -2.23. The Hall–Kier alpha value is -2.36. The molecule has 3 rings (SSSR count). The molecule has 0 amide bonds. The van der Waals surface area contributed by atoms with Crippen LogP contribution < -0.4 is 9.47 Å². The second-order valence-corrected chi connectivity index (χ2v) is 6.31. The summed E-state index contributed by atoms with van der Waals surface area (Å²) in [6, 6.07) is 5.78. The number of hydrogen-bond donors (Lipinski definition) is 0. The molecule has 4 nitrogen and oxygen atoms in total. The third-order valence-corrected chi connectivity index (χ3v) is 4.10. The molecule has 2 heterocycles. The van der Waals surface area contributed by atoms with E-state index in [1.165, 1.54) is 5.57 Å². The van der Waals surface area contributed by atoms with Gasteiger partial charge in [-0.3, -0.25) is 9.79 Å². The zero-order valence-electron chi connectivity index (χ0n) is 13.7. The van der Waals surface area contributed by atoms with Gasteiger partial charge in [0.05, 0.1) is 6.04 Å². The van der Waals surface area contributed by atoms with E-state index in [0.29, 0.717) is 12.4 Å². The van der Waals surface area contributed by atoms with Crippen LogP contribution in [0.4, 0.5) is 0 Å². The van der Waals surface area contributed by atoms with E-state index in [1.807, 2.05) is 37.4 Å². The van der Waals surface area contributed by atoms with Crippen molar-refractivity contribution in [2.45, 2.75) is 32.4 Å². The highest BCUT2D eigenvalue weighted by Gasteiger charge is 2.30. The van der Waals surface area contributed by atoms with Crippen molar-refractivity contribution < 1.29 is 14.3 Å². The van der Waals surface area contributed by atoms with Crippen LogP contribution in [0.3, 0.4) is 0 Å². The molecule has 2 atom stereocenters. The maximum Gasteiger partial charge on any atom is 0.162 e. The molecule has 23 heavy (non-hydrogen) atoms. The minimum absolute atomic E-state index is 0.0920. The number of carbonyl (C=O) groups is 1. The standard InChI is InChI=1S/C19H21NO3/c1-4-14-15-6-5-9-20-17(15)11-22-18-8-7-13(10-16(14)18)23-19(2,3)12-21/h4-10,12,15,17H,11H2,1-3H3/b14-4+. The second-order valence-electron chi connectivity index (χ2n) is 6.31. The van der Waals surface area contributed by atoms with Crippen molar-refractivity contribution in [1.82, 2.24) is 0 Å². The fraction of sp³-hybridized carbons (Fsp3) is 0.368. The molecule has 1 aromatic rings. The molecule has 4 heteroatoms. The zero-order valence-corrected chi connectivity index (χ0v) is 13.7. The largest absolute Gasteiger partial charge is 0.491 e. The topological polar surface area (TPSA) is 47.9 Å². The molecule has 0 spiro atoms. The third kappa shape index (κ3) is 3.07. The summed E-state index contributed by atoms with van der Waals surface area (Å²) in [6.45, 7) is 6.06.